The molecule has 0 spiro atoms. The molecule has 0 heterocycles. The number of rotatable bonds is 6. The molecule has 0 bridgehead atoms. The first kappa shape index (κ1) is 13.9. The van der Waals surface area contributed by atoms with Crippen molar-refractivity contribution in [2.75, 3.05) is 6.54 Å². The van der Waals surface area contributed by atoms with Crippen LogP contribution in [0.1, 0.15) is 56.2 Å². The monoisotopic (exact) mass is 265 g/mol. The van der Waals surface area contributed by atoms with Gasteiger partial charge in [0.25, 0.3) is 0 Å². The van der Waals surface area contributed by atoms with E-state index in [4.69, 9.17) is 11.6 Å². The predicted octanol–water partition coefficient (Wildman–Crippen LogP) is 4.88. The van der Waals surface area contributed by atoms with E-state index in [1.807, 2.05) is 6.07 Å². The SMILES string of the molecule is CCCNC(CC1CCC1)c1cc(C)cc(Cl)c1. The Morgan fingerprint density at radius 3 is 2.67 bits per heavy atom. The van der Waals surface area contributed by atoms with Gasteiger partial charge >= 0.3 is 0 Å². The molecule has 100 valence electrons. The summed E-state index contributed by atoms with van der Waals surface area (Å²) in [7, 11) is 0. The summed E-state index contributed by atoms with van der Waals surface area (Å²) in [5.41, 5.74) is 2.62. The molecule has 2 rings (SSSR count). The van der Waals surface area contributed by atoms with Gasteiger partial charge in [-0.2, -0.15) is 0 Å². The van der Waals surface area contributed by atoms with Crippen molar-refractivity contribution in [1.82, 2.24) is 5.32 Å². The molecule has 1 atom stereocenters. The molecule has 1 nitrogen and oxygen atoms in total. The zero-order chi connectivity index (χ0) is 13.0. The smallest absolute Gasteiger partial charge is 0.0411 e. The van der Waals surface area contributed by atoms with Gasteiger partial charge in [0.1, 0.15) is 0 Å². The van der Waals surface area contributed by atoms with Gasteiger partial charge in [0.05, 0.1) is 0 Å². The van der Waals surface area contributed by atoms with Crippen LogP contribution in [-0.4, -0.2) is 6.54 Å². The molecule has 0 radical (unpaired) electrons. The van der Waals surface area contributed by atoms with Crippen molar-refractivity contribution in [3.63, 3.8) is 0 Å². The van der Waals surface area contributed by atoms with Crippen molar-refractivity contribution in [2.24, 2.45) is 5.92 Å². The molecule has 0 saturated heterocycles. The molecule has 1 aliphatic carbocycles. The number of halogens is 1. The van der Waals surface area contributed by atoms with E-state index >= 15 is 0 Å². The lowest BCUT2D eigenvalue weighted by molar-refractivity contribution is 0.261. The maximum Gasteiger partial charge on any atom is 0.0411 e. The van der Waals surface area contributed by atoms with E-state index in [1.54, 1.807) is 0 Å². The van der Waals surface area contributed by atoms with Crippen LogP contribution in [0, 0.1) is 12.8 Å². The van der Waals surface area contributed by atoms with Crippen LogP contribution in [0.25, 0.3) is 0 Å². The summed E-state index contributed by atoms with van der Waals surface area (Å²) in [4.78, 5) is 0. The Kier molecular flexibility index (Phi) is 5.08. The number of benzene rings is 1. The molecule has 1 aliphatic rings. The minimum absolute atomic E-state index is 0.479. The number of hydrogen-bond acceptors (Lipinski definition) is 1. The lowest BCUT2D eigenvalue weighted by atomic mass is 9.79. The van der Waals surface area contributed by atoms with E-state index in [0.29, 0.717) is 6.04 Å². The first-order valence-corrected chi connectivity index (χ1v) is 7.57. The second-order valence-corrected chi connectivity index (χ2v) is 6.04. The Hall–Kier alpha value is -0.530. The normalized spacial score (nSPS) is 17.5. The standard InChI is InChI=1S/C16H24ClN/c1-3-7-18-16(10-13-5-4-6-13)14-8-12(2)9-15(17)11-14/h8-9,11,13,16,18H,3-7,10H2,1-2H3. The molecule has 0 aromatic heterocycles. The third-order valence-corrected chi connectivity index (χ3v) is 4.12. The van der Waals surface area contributed by atoms with Gasteiger partial charge in [-0.1, -0.05) is 43.9 Å². The minimum atomic E-state index is 0.479. The summed E-state index contributed by atoms with van der Waals surface area (Å²) in [5.74, 6) is 0.915. The zero-order valence-corrected chi connectivity index (χ0v) is 12.3. The lowest BCUT2D eigenvalue weighted by Gasteiger charge is -2.30. The second kappa shape index (κ2) is 6.58. The Balaban J connectivity index is 2.09. The van der Waals surface area contributed by atoms with Gasteiger partial charge in [0.15, 0.2) is 0 Å². The fraction of sp³-hybridized carbons (Fsp3) is 0.625. The van der Waals surface area contributed by atoms with Crippen LogP contribution < -0.4 is 5.32 Å². The van der Waals surface area contributed by atoms with Gasteiger partial charge in [-0.3, -0.25) is 0 Å². The van der Waals surface area contributed by atoms with Crippen LogP contribution >= 0.6 is 11.6 Å². The van der Waals surface area contributed by atoms with Crippen molar-refractivity contribution >= 4 is 11.6 Å². The second-order valence-electron chi connectivity index (χ2n) is 5.60. The molecule has 1 aromatic carbocycles. The highest BCUT2D eigenvalue weighted by atomic mass is 35.5. The number of nitrogens with one attached hydrogen (secondary N) is 1. The van der Waals surface area contributed by atoms with Crippen LogP contribution in [0.15, 0.2) is 18.2 Å². The number of aryl methyl sites for hydroxylation is 1. The van der Waals surface area contributed by atoms with E-state index in [2.05, 4.69) is 31.3 Å². The highest BCUT2D eigenvalue weighted by molar-refractivity contribution is 6.30. The molecule has 0 aliphatic heterocycles. The fourth-order valence-corrected chi connectivity index (χ4v) is 2.98. The Labute approximate surface area is 116 Å². The third kappa shape index (κ3) is 3.73. The fourth-order valence-electron chi connectivity index (χ4n) is 2.68. The summed E-state index contributed by atoms with van der Waals surface area (Å²) >= 11 is 6.18. The quantitative estimate of drug-likeness (QED) is 0.773. The summed E-state index contributed by atoms with van der Waals surface area (Å²) in [5, 5.41) is 4.54. The van der Waals surface area contributed by atoms with Crippen molar-refractivity contribution in [3.8, 4) is 0 Å². The van der Waals surface area contributed by atoms with Crippen LogP contribution in [0.4, 0.5) is 0 Å². The molecule has 1 unspecified atom stereocenters. The van der Waals surface area contributed by atoms with Crippen LogP contribution in [0.3, 0.4) is 0 Å². The minimum Gasteiger partial charge on any atom is -0.310 e. The molecular formula is C16H24ClN. The topological polar surface area (TPSA) is 12.0 Å². The summed E-state index contributed by atoms with van der Waals surface area (Å²) < 4.78 is 0. The Morgan fingerprint density at radius 2 is 2.11 bits per heavy atom. The van der Waals surface area contributed by atoms with Gasteiger partial charge in [-0.25, -0.2) is 0 Å². The average Bonchev–Trinajstić information content (AvgIpc) is 2.25. The highest BCUT2D eigenvalue weighted by Gasteiger charge is 2.23. The van der Waals surface area contributed by atoms with E-state index in [9.17, 15) is 0 Å². The van der Waals surface area contributed by atoms with Gasteiger partial charge < -0.3 is 5.32 Å². The molecule has 2 heteroatoms. The maximum atomic E-state index is 6.18. The van der Waals surface area contributed by atoms with Gasteiger partial charge in [0, 0.05) is 11.1 Å². The van der Waals surface area contributed by atoms with E-state index < -0.39 is 0 Å². The Bertz CT molecular complexity index is 364. The predicted molar refractivity (Wildman–Crippen MR) is 79.2 cm³/mol. The maximum absolute atomic E-state index is 6.18. The van der Waals surface area contributed by atoms with E-state index in [-0.39, 0.29) is 0 Å². The van der Waals surface area contributed by atoms with Gasteiger partial charge in [0.2, 0.25) is 0 Å². The summed E-state index contributed by atoms with van der Waals surface area (Å²) in [6.07, 6.45) is 6.67. The molecule has 0 amide bonds. The van der Waals surface area contributed by atoms with Crippen molar-refractivity contribution < 1.29 is 0 Å². The molecule has 1 saturated carbocycles. The first-order valence-electron chi connectivity index (χ1n) is 7.19. The molecule has 1 N–H and O–H groups in total. The third-order valence-electron chi connectivity index (χ3n) is 3.90. The van der Waals surface area contributed by atoms with E-state index in [1.165, 1.54) is 43.2 Å². The van der Waals surface area contributed by atoms with Crippen LogP contribution in [0.5, 0.6) is 0 Å². The van der Waals surface area contributed by atoms with Gasteiger partial charge in [-0.15, -0.1) is 0 Å². The zero-order valence-electron chi connectivity index (χ0n) is 11.5. The number of hydrogen-bond donors (Lipinski definition) is 1. The molecule has 18 heavy (non-hydrogen) atoms. The largest absolute Gasteiger partial charge is 0.310 e. The highest BCUT2D eigenvalue weighted by Crippen LogP contribution is 2.35. The van der Waals surface area contributed by atoms with Crippen LogP contribution in [-0.2, 0) is 0 Å². The molecular weight excluding hydrogens is 242 g/mol. The average molecular weight is 266 g/mol. The van der Waals surface area contributed by atoms with Gasteiger partial charge in [-0.05, 0) is 55.5 Å². The van der Waals surface area contributed by atoms with Crippen molar-refractivity contribution in [2.45, 2.75) is 52.0 Å². The van der Waals surface area contributed by atoms with Crippen molar-refractivity contribution in [3.05, 3.63) is 34.3 Å². The summed E-state index contributed by atoms with van der Waals surface area (Å²) in [6.45, 7) is 5.43. The summed E-state index contributed by atoms with van der Waals surface area (Å²) in [6, 6.07) is 6.91. The van der Waals surface area contributed by atoms with E-state index in [0.717, 1.165) is 17.5 Å². The first-order chi connectivity index (χ1) is 8.69. The van der Waals surface area contributed by atoms with Crippen LogP contribution in [0.2, 0.25) is 5.02 Å². The lowest BCUT2D eigenvalue weighted by Crippen LogP contribution is -2.26. The Morgan fingerprint density at radius 1 is 1.33 bits per heavy atom. The molecule has 1 aromatic rings. The molecule has 1 fully saturated rings. The van der Waals surface area contributed by atoms with Crippen molar-refractivity contribution in [1.29, 1.82) is 0 Å².